The molecule has 0 radical (unpaired) electrons. The van der Waals surface area contributed by atoms with Crippen LogP contribution < -0.4 is 0 Å². The van der Waals surface area contributed by atoms with Crippen LogP contribution in [-0.2, 0) is 24.6 Å². The van der Waals surface area contributed by atoms with Crippen LogP contribution in [0.3, 0.4) is 0 Å². The normalized spacial score (nSPS) is 42.8. The van der Waals surface area contributed by atoms with Crippen LogP contribution in [0.15, 0.2) is 0 Å². The molecule has 0 aromatic carbocycles. The van der Waals surface area contributed by atoms with E-state index in [4.69, 9.17) is 4.74 Å². The summed E-state index contributed by atoms with van der Waals surface area (Å²) in [5, 5.41) is 0. The van der Waals surface area contributed by atoms with Crippen molar-refractivity contribution in [2.45, 2.75) is 23.9 Å². The van der Waals surface area contributed by atoms with Gasteiger partial charge in [-0.3, -0.25) is 0 Å². The molecule has 0 aromatic rings. The Balaban J connectivity index is 2.09. The molecule has 1 aliphatic rings. The first-order valence-electron chi connectivity index (χ1n) is 2.08. The summed E-state index contributed by atoms with van der Waals surface area (Å²) in [5.41, 5.74) is 0. The van der Waals surface area contributed by atoms with Crippen LogP contribution in [0.1, 0.15) is 6.92 Å². The van der Waals surface area contributed by atoms with E-state index in [1.54, 1.807) is 0 Å². The molecule has 2 heteroatoms. The molecule has 0 aromatic heterocycles. The van der Waals surface area contributed by atoms with Gasteiger partial charge in [-0.05, 0) is 0 Å². The Bertz CT molecular complexity index is 53.5. The molecule has 1 rings (SSSR count). The summed E-state index contributed by atoms with van der Waals surface area (Å²) in [7, 11) is 0. The zero-order chi connectivity index (χ0) is 4.57. The maximum absolute atomic E-state index is 5.07. The Hall–Kier alpha value is 0.648. The quantitative estimate of drug-likeness (QED) is 0.414. The van der Waals surface area contributed by atoms with Crippen molar-refractivity contribution in [1.29, 1.82) is 0 Å². The first-order chi connectivity index (χ1) is 2.84. The summed E-state index contributed by atoms with van der Waals surface area (Å²) in [6.07, 6.45) is 1.17. The Kier molecular flexibility index (Phi) is 1.31. The number of epoxide rings is 1. The molecule has 0 aliphatic carbocycles. The van der Waals surface area contributed by atoms with E-state index in [0.717, 1.165) is 0 Å². The van der Waals surface area contributed by atoms with Crippen LogP contribution in [0.25, 0.3) is 0 Å². The molecule has 2 unspecified atom stereocenters. The number of hydrogen-bond donors (Lipinski definition) is 0. The first-order valence-corrected chi connectivity index (χ1v) is 3.50. The fourth-order valence-electron chi connectivity index (χ4n) is 0.405. The summed E-state index contributed by atoms with van der Waals surface area (Å²) in [6.45, 7) is 2.11. The number of hydrogen-bond acceptors (Lipinski definition) is 1. The Morgan fingerprint density at radius 3 is 2.33 bits per heavy atom. The fraction of sp³-hybridized carbons (Fsp3) is 1.00. The van der Waals surface area contributed by atoms with Gasteiger partial charge in [0.05, 0.1) is 0 Å². The summed E-state index contributed by atoms with van der Waals surface area (Å²) in [6, 6.07) is 0. The van der Waals surface area contributed by atoms with Crippen LogP contribution in [0.2, 0.25) is 4.81 Å². The molecule has 35 valence electrons. The second-order valence-electron chi connectivity index (χ2n) is 1.55. The van der Waals surface area contributed by atoms with Gasteiger partial charge in [-0.25, -0.2) is 0 Å². The third-order valence-electron chi connectivity index (χ3n) is 1.00. The number of ether oxygens (including phenoxy) is 1. The van der Waals surface area contributed by atoms with Crippen LogP contribution in [0.4, 0.5) is 0 Å². The number of rotatable bonds is 1. The van der Waals surface area contributed by atoms with Gasteiger partial charge in [0.25, 0.3) is 0 Å². The molecular weight excluding hydrogens is 160 g/mol. The summed E-state index contributed by atoms with van der Waals surface area (Å²) in [4.78, 5) is 1.19. The van der Waals surface area contributed by atoms with Gasteiger partial charge in [0.1, 0.15) is 0 Å². The van der Waals surface area contributed by atoms with Crippen molar-refractivity contribution in [1.82, 2.24) is 0 Å². The third-order valence-corrected chi connectivity index (χ3v) is 1.81. The molecular formula is C4H7MoO. The van der Waals surface area contributed by atoms with Crippen molar-refractivity contribution in [3.8, 4) is 0 Å². The molecule has 2 atom stereocenters. The average Bonchev–Trinajstić information content (AvgIpc) is 2.19. The van der Waals surface area contributed by atoms with Crippen LogP contribution in [-0.4, -0.2) is 12.2 Å². The molecule has 0 spiro atoms. The molecule has 1 nitrogen and oxygen atoms in total. The zero-order valence-electron chi connectivity index (χ0n) is 3.68. The first kappa shape index (κ1) is 4.80. The van der Waals surface area contributed by atoms with E-state index < -0.39 is 0 Å². The van der Waals surface area contributed by atoms with Crippen LogP contribution in [0, 0.1) is 0 Å². The monoisotopic (exact) mass is 169 g/mol. The molecule has 0 N–H and O–H groups in total. The predicted molar refractivity (Wildman–Crippen MR) is 19.1 cm³/mol. The maximum atomic E-state index is 5.07. The standard InChI is InChI=1S/C4H7O.Mo/c1-3-4(2)5-3;/h3-4H,1H2,2H3;. The van der Waals surface area contributed by atoms with Gasteiger partial charge in [-0.15, -0.1) is 0 Å². The van der Waals surface area contributed by atoms with Crippen LogP contribution >= 0.6 is 0 Å². The Morgan fingerprint density at radius 1 is 1.83 bits per heavy atom. The van der Waals surface area contributed by atoms with E-state index in [-0.39, 0.29) is 0 Å². The molecule has 1 fully saturated rings. The topological polar surface area (TPSA) is 12.5 Å². The van der Waals surface area contributed by atoms with Crippen molar-refractivity contribution in [2.75, 3.05) is 0 Å². The molecule has 1 heterocycles. The second kappa shape index (κ2) is 1.63. The minimum atomic E-state index is 0.567. The van der Waals surface area contributed by atoms with E-state index in [1.165, 1.54) is 4.81 Å². The van der Waals surface area contributed by atoms with Crippen molar-refractivity contribution >= 4 is 0 Å². The Labute approximate surface area is 49.0 Å². The van der Waals surface area contributed by atoms with E-state index in [1.807, 2.05) is 0 Å². The SMILES string of the molecule is CC1OC1[CH2][Mo]. The van der Waals surface area contributed by atoms with E-state index in [2.05, 4.69) is 26.7 Å². The summed E-state index contributed by atoms with van der Waals surface area (Å²) in [5.74, 6) is 0. The van der Waals surface area contributed by atoms with E-state index in [9.17, 15) is 0 Å². The van der Waals surface area contributed by atoms with Gasteiger partial charge >= 0.3 is 48.5 Å². The fourth-order valence-corrected chi connectivity index (χ4v) is 1.26. The van der Waals surface area contributed by atoms with Gasteiger partial charge in [0.15, 0.2) is 0 Å². The zero-order valence-corrected chi connectivity index (χ0v) is 5.69. The minimum absolute atomic E-state index is 0.567. The third kappa shape index (κ3) is 0.827. The molecule has 1 aliphatic heterocycles. The van der Waals surface area contributed by atoms with Crippen molar-refractivity contribution in [3.63, 3.8) is 0 Å². The molecule has 1 saturated heterocycles. The van der Waals surface area contributed by atoms with Crippen molar-refractivity contribution in [2.24, 2.45) is 0 Å². The second-order valence-corrected chi connectivity index (χ2v) is 2.37. The van der Waals surface area contributed by atoms with Gasteiger partial charge in [0, 0.05) is 0 Å². The van der Waals surface area contributed by atoms with E-state index in [0.29, 0.717) is 12.2 Å². The van der Waals surface area contributed by atoms with Gasteiger partial charge < -0.3 is 0 Å². The van der Waals surface area contributed by atoms with Gasteiger partial charge in [-0.1, -0.05) is 0 Å². The van der Waals surface area contributed by atoms with E-state index >= 15 is 0 Å². The van der Waals surface area contributed by atoms with Crippen LogP contribution in [0.5, 0.6) is 0 Å². The van der Waals surface area contributed by atoms with Gasteiger partial charge in [0.2, 0.25) is 0 Å². The van der Waals surface area contributed by atoms with Crippen molar-refractivity contribution < 1.29 is 24.6 Å². The molecule has 0 amide bonds. The molecule has 0 bridgehead atoms. The van der Waals surface area contributed by atoms with Gasteiger partial charge in [-0.2, -0.15) is 0 Å². The molecule has 6 heavy (non-hydrogen) atoms. The summed E-state index contributed by atoms with van der Waals surface area (Å²) >= 11 is 2.09. The van der Waals surface area contributed by atoms with Crippen molar-refractivity contribution in [3.05, 3.63) is 0 Å². The predicted octanol–water partition coefficient (Wildman–Crippen LogP) is 0.739. The average molecular weight is 167 g/mol. The Morgan fingerprint density at radius 2 is 2.33 bits per heavy atom. The summed E-state index contributed by atoms with van der Waals surface area (Å²) < 4.78 is 5.07. The molecule has 0 saturated carbocycles.